The van der Waals surface area contributed by atoms with E-state index in [4.69, 9.17) is 4.74 Å². The molecule has 0 atom stereocenters. The number of ether oxygens (including phenoxy) is 1. The molecular formula is C10H19NO2S. The number of carbonyl (C=O) groups is 1. The fraction of sp³-hybridized carbons (Fsp3) is 0.900. The maximum atomic E-state index is 11.3. The normalized spacial score (nSPS) is 15.9. The van der Waals surface area contributed by atoms with Gasteiger partial charge in [-0.05, 0) is 26.0 Å². The van der Waals surface area contributed by atoms with Crippen LogP contribution in [0.15, 0.2) is 0 Å². The van der Waals surface area contributed by atoms with E-state index in [1.807, 2.05) is 18.7 Å². The lowest BCUT2D eigenvalue weighted by Crippen LogP contribution is -2.34. The second kappa shape index (κ2) is 6.30. The van der Waals surface area contributed by atoms with Gasteiger partial charge in [0.1, 0.15) is 0 Å². The summed E-state index contributed by atoms with van der Waals surface area (Å²) in [6.45, 7) is 3.81. The summed E-state index contributed by atoms with van der Waals surface area (Å²) in [7, 11) is 0. The summed E-state index contributed by atoms with van der Waals surface area (Å²) in [5, 5.41) is 0. The van der Waals surface area contributed by atoms with Crippen molar-refractivity contribution in [3.63, 3.8) is 0 Å². The molecule has 1 aliphatic rings. The Morgan fingerprint density at radius 2 is 2.29 bits per heavy atom. The molecule has 0 aromatic carbocycles. The topological polar surface area (TPSA) is 29.5 Å². The minimum absolute atomic E-state index is 0.0829. The molecule has 1 saturated carbocycles. The number of nitrogens with zero attached hydrogens (tertiary/aromatic N) is 1. The van der Waals surface area contributed by atoms with E-state index >= 15 is 0 Å². The van der Waals surface area contributed by atoms with Gasteiger partial charge < -0.3 is 4.74 Å². The van der Waals surface area contributed by atoms with Gasteiger partial charge in [0.25, 0.3) is 0 Å². The van der Waals surface area contributed by atoms with Crippen LogP contribution in [0.3, 0.4) is 0 Å². The number of hydrogen-bond donors (Lipinski definition) is 0. The summed E-state index contributed by atoms with van der Waals surface area (Å²) in [6.07, 6.45) is 4.58. The van der Waals surface area contributed by atoms with Gasteiger partial charge in [0.2, 0.25) is 0 Å². The maximum absolute atomic E-state index is 11.3. The summed E-state index contributed by atoms with van der Waals surface area (Å²) in [6, 6.07) is 0.645. The highest BCUT2D eigenvalue weighted by molar-refractivity contribution is 7.98. The molecule has 0 N–H and O–H groups in total. The zero-order valence-electron chi connectivity index (χ0n) is 8.99. The van der Waals surface area contributed by atoms with Gasteiger partial charge in [-0.15, -0.1) is 0 Å². The predicted octanol–water partition coefficient (Wildman–Crippen LogP) is 1.38. The Kier molecular flexibility index (Phi) is 5.33. The van der Waals surface area contributed by atoms with Crippen LogP contribution in [-0.2, 0) is 9.53 Å². The van der Waals surface area contributed by atoms with Crippen LogP contribution in [0.25, 0.3) is 0 Å². The van der Waals surface area contributed by atoms with E-state index in [1.54, 1.807) is 0 Å². The van der Waals surface area contributed by atoms with E-state index in [-0.39, 0.29) is 5.97 Å². The minimum Gasteiger partial charge on any atom is -0.465 e. The molecule has 0 aromatic rings. The van der Waals surface area contributed by atoms with E-state index < -0.39 is 0 Å². The zero-order chi connectivity index (χ0) is 10.4. The highest BCUT2D eigenvalue weighted by Gasteiger charge is 2.29. The van der Waals surface area contributed by atoms with E-state index in [9.17, 15) is 4.79 Å². The quantitative estimate of drug-likeness (QED) is 0.603. The van der Waals surface area contributed by atoms with Crippen molar-refractivity contribution in [1.29, 1.82) is 0 Å². The molecular weight excluding hydrogens is 198 g/mol. The Morgan fingerprint density at radius 1 is 1.57 bits per heavy atom. The Hall–Kier alpha value is -0.220. The smallest absolute Gasteiger partial charge is 0.320 e. The van der Waals surface area contributed by atoms with Gasteiger partial charge in [0, 0.05) is 18.3 Å². The summed E-state index contributed by atoms with van der Waals surface area (Å²) < 4.78 is 4.94. The SMILES string of the molecule is CCOC(=O)CN(CCSC)C1CC1. The van der Waals surface area contributed by atoms with Crippen LogP contribution in [0.5, 0.6) is 0 Å². The number of thioether (sulfide) groups is 1. The average molecular weight is 217 g/mol. The van der Waals surface area contributed by atoms with E-state index in [1.165, 1.54) is 12.8 Å². The molecule has 1 fully saturated rings. The first-order valence-corrected chi connectivity index (χ1v) is 6.56. The van der Waals surface area contributed by atoms with Crippen LogP contribution in [0.1, 0.15) is 19.8 Å². The molecule has 82 valence electrons. The Labute approximate surface area is 90.2 Å². The van der Waals surface area contributed by atoms with Crippen LogP contribution in [0.4, 0.5) is 0 Å². The number of hydrogen-bond acceptors (Lipinski definition) is 4. The second-order valence-electron chi connectivity index (χ2n) is 3.50. The van der Waals surface area contributed by atoms with Crippen molar-refractivity contribution in [1.82, 2.24) is 4.90 Å². The molecule has 4 heteroatoms. The lowest BCUT2D eigenvalue weighted by atomic mass is 10.4. The van der Waals surface area contributed by atoms with Gasteiger partial charge in [0.05, 0.1) is 13.2 Å². The van der Waals surface area contributed by atoms with Crippen LogP contribution >= 0.6 is 11.8 Å². The van der Waals surface area contributed by atoms with E-state index in [0.717, 1.165) is 12.3 Å². The maximum Gasteiger partial charge on any atom is 0.320 e. The summed E-state index contributed by atoms with van der Waals surface area (Å²) in [4.78, 5) is 13.5. The van der Waals surface area contributed by atoms with Crippen LogP contribution < -0.4 is 0 Å². The van der Waals surface area contributed by atoms with Gasteiger partial charge in [-0.2, -0.15) is 11.8 Å². The first-order valence-electron chi connectivity index (χ1n) is 5.16. The lowest BCUT2D eigenvalue weighted by molar-refractivity contribution is -0.144. The first kappa shape index (κ1) is 11.9. The third-order valence-electron chi connectivity index (χ3n) is 2.28. The third-order valence-corrected chi connectivity index (χ3v) is 2.87. The van der Waals surface area contributed by atoms with Crippen molar-refractivity contribution >= 4 is 17.7 Å². The third kappa shape index (κ3) is 4.33. The van der Waals surface area contributed by atoms with Crippen molar-refractivity contribution in [2.75, 3.05) is 31.7 Å². The fourth-order valence-electron chi connectivity index (χ4n) is 1.41. The fourth-order valence-corrected chi connectivity index (χ4v) is 1.83. The molecule has 0 saturated heterocycles. The Bertz CT molecular complexity index is 183. The van der Waals surface area contributed by atoms with Gasteiger partial charge in [-0.25, -0.2) is 0 Å². The second-order valence-corrected chi connectivity index (χ2v) is 4.49. The highest BCUT2D eigenvalue weighted by Crippen LogP contribution is 2.26. The molecule has 1 rings (SSSR count). The highest BCUT2D eigenvalue weighted by atomic mass is 32.2. The summed E-state index contributed by atoms with van der Waals surface area (Å²) >= 11 is 1.82. The van der Waals surface area contributed by atoms with Crippen LogP contribution in [0, 0.1) is 0 Å². The lowest BCUT2D eigenvalue weighted by Gasteiger charge is -2.19. The zero-order valence-corrected chi connectivity index (χ0v) is 9.81. The van der Waals surface area contributed by atoms with Crippen molar-refractivity contribution in [2.24, 2.45) is 0 Å². The molecule has 0 radical (unpaired) electrons. The Morgan fingerprint density at radius 3 is 2.79 bits per heavy atom. The van der Waals surface area contributed by atoms with E-state index in [0.29, 0.717) is 19.2 Å². The van der Waals surface area contributed by atoms with Gasteiger partial charge >= 0.3 is 5.97 Å². The van der Waals surface area contributed by atoms with Gasteiger partial charge in [-0.3, -0.25) is 9.69 Å². The predicted molar refractivity (Wildman–Crippen MR) is 59.6 cm³/mol. The summed E-state index contributed by atoms with van der Waals surface area (Å²) in [5.74, 6) is 1.01. The van der Waals surface area contributed by atoms with E-state index in [2.05, 4.69) is 11.2 Å². The molecule has 14 heavy (non-hydrogen) atoms. The monoisotopic (exact) mass is 217 g/mol. The molecule has 0 amide bonds. The van der Waals surface area contributed by atoms with Gasteiger partial charge in [-0.1, -0.05) is 0 Å². The Balaban J connectivity index is 2.23. The number of carbonyl (C=O) groups excluding carboxylic acids is 1. The molecule has 3 nitrogen and oxygen atoms in total. The summed E-state index contributed by atoms with van der Waals surface area (Å²) in [5.41, 5.74) is 0. The van der Waals surface area contributed by atoms with Crippen molar-refractivity contribution in [2.45, 2.75) is 25.8 Å². The largest absolute Gasteiger partial charge is 0.465 e. The number of esters is 1. The van der Waals surface area contributed by atoms with Crippen LogP contribution in [-0.4, -0.2) is 48.6 Å². The molecule has 0 aliphatic heterocycles. The van der Waals surface area contributed by atoms with Gasteiger partial charge in [0.15, 0.2) is 0 Å². The number of rotatable bonds is 7. The molecule has 0 aromatic heterocycles. The molecule has 0 heterocycles. The van der Waals surface area contributed by atoms with Crippen molar-refractivity contribution in [3.05, 3.63) is 0 Å². The molecule has 0 bridgehead atoms. The molecule has 1 aliphatic carbocycles. The van der Waals surface area contributed by atoms with Crippen molar-refractivity contribution < 1.29 is 9.53 Å². The van der Waals surface area contributed by atoms with Crippen molar-refractivity contribution in [3.8, 4) is 0 Å². The molecule has 0 spiro atoms. The minimum atomic E-state index is -0.0829. The van der Waals surface area contributed by atoms with Crippen LogP contribution in [0.2, 0.25) is 0 Å². The first-order chi connectivity index (χ1) is 6.77. The molecule has 0 unspecified atom stereocenters. The standard InChI is InChI=1S/C10H19NO2S/c1-3-13-10(12)8-11(6-7-14-2)9-4-5-9/h9H,3-8H2,1-2H3. The average Bonchev–Trinajstić information content (AvgIpc) is 2.95.